The number of phenols is 1. The molecule has 0 bridgehead atoms. The van der Waals surface area contributed by atoms with Gasteiger partial charge in [-0.05, 0) is 112 Å². The Balaban J connectivity index is 1.43. The van der Waals surface area contributed by atoms with E-state index in [0.717, 1.165) is 38.9 Å². The van der Waals surface area contributed by atoms with E-state index in [4.69, 9.17) is 20.9 Å². The highest BCUT2D eigenvalue weighted by Crippen LogP contribution is 2.43. The van der Waals surface area contributed by atoms with Crippen LogP contribution in [0, 0.1) is 13.8 Å². The zero-order valence-electron chi connectivity index (χ0n) is 40.8. The minimum Gasteiger partial charge on any atom is -0.507 e. The van der Waals surface area contributed by atoms with Crippen molar-refractivity contribution in [2.24, 2.45) is 0 Å². The van der Waals surface area contributed by atoms with Crippen molar-refractivity contribution >= 4 is 11.0 Å². The Hall–Kier alpha value is -6.26. The molecule has 8 aromatic rings. The van der Waals surface area contributed by atoms with E-state index in [9.17, 15) is 5.11 Å². The summed E-state index contributed by atoms with van der Waals surface area (Å²) in [5.74, 6) is 0.571. The van der Waals surface area contributed by atoms with Crippen LogP contribution in [-0.2, 0) is 10.8 Å². The zero-order valence-corrected chi connectivity index (χ0v) is 32.8. The Kier molecular flexibility index (Phi) is 7.10. The summed E-state index contributed by atoms with van der Waals surface area (Å²) in [6.45, 7) is 12.3. The Morgan fingerprint density at radius 2 is 1.36 bits per heavy atom. The molecule has 0 amide bonds. The summed E-state index contributed by atoms with van der Waals surface area (Å²) < 4.78 is 69.0. The van der Waals surface area contributed by atoms with Crippen LogP contribution in [-0.4, -0.2) is 19.6 Å². The number of hydrogen-bond acceptors (Lipinski definition) is 3. The molecule has 8 rings (SSSR count). The van der Waals surface area contributed by atoms with Crippen molar-refractivity contribution < 1.29 is 16.1 Å². The average molecular weight is 740 g/mol. The van der Waals surface area contributed by atoms with Gasteiger partial charge >= 0.3 is 0 Å². The van der Waals surface area contributed by atoms with E-state index in [-0.39, 0.29) is 39.8 Å². The minimum atomic E-state index is -2.36. The normalized spacial score (nSPS) is 14.3. The van der Waals surface area contributed by atoms with Crippen LogP contribution >= 0.6 is 0 Å². The quantitative estimate of drug-likeness (QED) is 0.185. The second-order valence-electron chi connectivity index (χ2n) is 16.5. The molecule has 4 nitrogen and oxygen atoms in total. The second-order valence-corrected chi connectivity index (χ2v) is 16.5. The first-order chi connectivity index (χ1) is 30.0. The predicted octanol–water partition coefficient (Wildman–Crippen LogP) is 13.7. The van der Waals surface area contributed by atoms with Crippen LogP contribution in [0.2, 0.25) is 0 Å². The van der Waals surface area contributed by atoms with Gasteiger partial charge in [0.05, 0.1) is 34.8 Å². The molecular formula is C52H49N3O. The molecule has 2 heterocycles. The molecular weight excluding hydrogens is 683 g/mol. The molecule has 0 saturated heterocycles. The average Bonchev–Trinajstić information content (AvgIpc) is 3.64. The topological polar surface area (TPSA) is 50.9 Å². The van der Waals surface area contributed by atoms with E-state index < -0.39 is 25.0 Å². The van der Waals surface area contributed by atoms with Gasteiger partial charge in [-0.1, -0.05) is 138 Å². The lowest BCUT2D eigenvalue weighted by molar-refractivity contribution is 0.471. The van der Waals surface area contributed by atoms with Crippen LogP contribution in [0.3, 0.4) is 0 Å². The van der Waals surface area contributed by atoms with Gasteiger partial charge in [-0.15, -0.1) is 0 Å². The molecule has 56 heavy (non-hydrogen) atoms. The van der Waals surface area contributed by atoms with Gasteiger partial charge in [0, 0.05) is 27.0 Å². The van der Waals surface area contributed by atoms with E-state index >= 15 is 0 Å². The lowest BCUT2D eigenvalue weighted by atomic mass is 9.83. The number of phenolic OH excluding ortho intramolecular Hbond substituents is 1. The van der Waals surface area contributed by atoms with Crippen LogP contribution in [0.25, 0.3) is 72.7 Å². The SMILES string of the molecule is [2H]c1c([2H])c([2H])c(-c2ccnc(-c3cc(-c4cccc5c4nc(-c4cc(C(C)(C)C)cc(C)c4O)n5-c4ccc(C([2H])([2H])[2H])cc4-c4ccccc4)cc(C(C)(C)C)c3)c2)c([2H])c1[2H]. The third-order valence-electron chi connectivity index (χ3n) is 10.4. The molecule has 0 aliphatic carbocycles. The van der Waals surface area contributed by atoms with E-state index in [1.54, 1.807) is 30.5 Å². The second kappa shape index (κ2) is 14.1. The van der Waals surface area contributed by atoms with Crippen molar-refractivity contribution in [2.75, 3.05) is 0 Å². The predicted molar refractivity (Wildman–Crippen MR) is 235 cm³/mol. The number of imidazole rings is 1. The Bertz CT molecular complexity index is 3110. The van der Waals surface area contributed by atoms with Gasteiger partial charge in [-0.2, -0.15) is 0 Å². The number of para-hydroxylation sites is 1. The molecule has 0 spiro atoms. The van der Waals surface area contributed by atoms with Crippen molar-refractivity contribution in [2.45, 2.75) is 66.1 Å². The van der Waals surface area contributed by atoms with E-state index in [2.05, 4.69) is 53.7 Å². The number of hydrogen-bond donors (Lipinski definition) is 1. The first-order valence-corrected chi connectivity index (χ1v) is 18.8. The summed E-state index contributed by atoms with van der Waals surface area (Å²) in [4.78, 5) is 10.2. The van der Waals surface area contributed by atoms with Crippen LogP contribution in [0.4, 0.5) is 0 Å². The number of aryl methyl sites for hydroxylation is 2. The third kappa shape index (κ3) is 6.92. The molecule has 0 aliphatic rings. The van der Waals surface area contributed by atoms with Gasteiger partial charge in [-0.25, -0.2) is 4.98 Å². The van der Waals surface area contributed by atoms with Gasteiger partial charge in [0.15, 0.2) is 0 Å². The summed E-state index contributed by atoms with van der Waals surface area (Å²) in [6, 6.07) is 32.6. The fraction of sp³-hybridized carbons (Fsp3) is 0.192. The molecule has 2 aromatic heterocycles. The Labute approximate surface area is 342 Å². The maximum atomic E-state index is 11.9. The number of fused-ring (bicyclic) bond motifs is 1. The smallest absolute Gasteiger partial charge is 0.149 e. The van der Waals surface area contributed by atoms with Crippen LogP contribution in [0.1, 0.15) is 74.8 Å². The minimum absolute atomic E-state index is 0.0913. The van der Waals surface area contributed by atoms with Crippen molar-refractivity contribution in [3.05, 3.63) is 168 Å². The number of nitrogens with zero attached hydrogens (tertiary/aromatic N) is 3. The molecule has 0 radical (unpaired) electrons. The number of aromatic hydroxyl groups is 1. The molecule has 0 aliphatic heterocycles. The lowest BCUT2D eigenvalue weighted by Gasteiger charge is -2.22. The van der Waals surface area contributed by atoms with Crippen LogP contribution in [0.15, 0.2) is 146 Å². The number of aromatic nitrogens is 3. The highest BCUT2D eigenvalue weighted by Gasteiger charge is 2.26. The molecule has 1 N–H and O–H groups in total. The molecule has 278 valence electrons. The third-order valence-corrected chi connectivity index (χ3v) is 10.4. The fourth-order valence-corrected chi connectivity index (χ4v) is 7.22. The van der Waals surface area contributed by atoms with E-state index in [1.807, 2.05) is 84.3 Å². The maximum Gasteiger partial charge on any atom is 0.149 e. The molecule has 0 unspecified atom stereocenters. The van der Waals surface area contributed by atoms with Crippen molar-refractivity contribution in [3.8, 4) is 67.5 Å². The zero-order chi connectivity index (χ0) is 46.2. The summed E-state index contributed by atoms with van der Waals surface area (Å²) >= 11 is 0. The standard InChI is InChI=1S/C52H49N3O/c1-33-22-23-46(43(26-33)36-18-13-10-14-19-36)55-47-21-15-20-42(48(47)54-50(55)44-32-40(51(3,4)5)27-34(2)49(44)56)38-28-39(30-41(29-38)52(6,7)8)45-31-37(24-25-53-45)35-16-11-9-12-17-35/h9-32,56H,1-8H3/i1D3,9D,11D,12D,16D,17D. The van der Waals surface area contributed by atoms with E-state index in [0.29, 0.717) is 45.0 Å². The first-order valence-electron chi connectivity index (χ1n) is 22.8. The van der Waals surface area contributed by atoms with Crippen molar-refractivity contribution in [3.63, 3.8) is 0 Å². The fourth-order valence-electron chi connectivity index (χ4n) is 7.22. The molecule has 4 heteroatoms. The first kappa shape index (κ1) is 28.2. The number of benzene rings is 6. The monoisotopic (exact) mass is 739 g/mol. The summed E-state index contributed by atoms with van der Waals surface area (Å²) in [5.41, 5.74) is 9.92. The van der Waals surface area contributed by atoms with Crippen LogP contribution in [0.5, 0.6) is 5.75 Å². The van der Waals surface area contributed by atoms with Gasteiger partial charge in [0.1, 0.15) is 11.6 Å². The molecule has 0 saturated carbocycles. The number of rotatable bonds is 6. The Morgan fingerprint density at radius 3 is 2.09 bits per heavy atom. The largest absolute Gasteiger partial charge is 0.507 e. The molecule has 0 atom stereocenters. The van der Waals surface area contributed by atoms with Gasteiger partial charge < -0.3 is 5.11 Å². The highest BCUT2D eigenvalue weighted by atomic mass is 16.3. The van der Waals surface area contributed by atoms with E-state index in [1.165, 1.54) is 0 Å². The maximum absolute atomic E-state index is 11.9. The Morgan fingerprint density at radius 1 is 0.625 bits per heavy atom. The van der Waals surface area contributed by atoms with Gasteiger partial charge in [0.25, 0.3) is 0 Å². The lowest BCUT2D eigenvalue weighted by Crippen LogP contribution is -2.12. The van der Waals surface area contributed by atoms with Gasteiger partial charge in [0.2, 0.25) is 0 Å². The summed E-state index contributed by atoms with van der Waals surface area (Å²) in [6.07, 6.45) is 1.59. The summed E-state index contributed by atoms with van der Waals surface area (Å²) in [7, 11) is 0. The summed E-state index contributed by atoms with van der Waals surface area (Å²) in [5, 5.41) is 11.9. The number of pyridine rings is 1. The molecule has 6 aromatic carbocycles. The van der Waals surface area contributed by atoms with Gasteiger partial charge in [-0.3, -0.25) is 9.55 Å². The van der Waals surface area contributed by atoms with Crippen LogP contribution < -0.4 is 0 Å². The van der Waals surface area contributed by atoms with Crippen molar-refractivity contribution in [1.29, 1.82) is 0 Å². The highest BCUT2D eigenvalue weighted by molar-refractivity contribution is 5.98. The molecule has 0 fully saturated rings. The van der Waals surface area contributed by atoms with Crippen molar-refractivity contribution in [1.82, 2.24) is 14.5 Å².